The zero-order valence-electron chi connectivity index (χ0n) is 13.2. The van der Waals surface area contributed by atoms with Crippen molar-refractivity contribution in [3.8, 4) is 0 Å². The van der Waals surface area contributed by atoms with E-state index in [1.807, 2.05) is 24.5 Å². The third kappa shape index (κ3) is 4.10. The monoisotopic (exact) mass is 315 g/mol. The first-order valence-electron chi connectivity index (χ1n) is 7.86. The summed E-state index contributed by atoms with van der Waals surface area (Å²) in [4.78, 5) is 18.7. The van der Waals surface area contributed by atoms with Gasteiger partial charge in [0.25, 0.3) is 0 Å². The Hall–Kier alpha value is -2.35. The lowest BCUT2D eigenvalue weighted by Gasteiger charge is -2.32. The van der Waals surface area contributed by atoms with Crippen molar-refractivity contribution in [2.24, 2.45) is 0 Å². The fraction of sp³-hybridized carbons (Fsp3) is 0.533. The molecule has 8 nitrogen and oxygen atoms in total. The van der Waals surface area contributed by atoms with Gasteiger partial charge in [-0.2, -0.15) is 0 Å². The van der Waals surface area contributed by atoms with Gasteiger partial charge in [-0.15, -0.1) is 5.10 Å². The molecule has 1 N–H and O–H groups in total. The van der Waals surface area contributed by atoms with Crippen LogP contribution >= 0.6 is 0 Å². The van der Waals surface area contributed by atoms with Gasteiger partial charge in [0.1, 0.15) is 12.4 Å². The molecular formula is C15H21N7O. The summed E-state index contributed by atoms with van der Waals surface area (Å²) in [7, 11) is 0. The first kappa shape index (κ1) is 15.5. The summed E-state index contributed by atoms with van der Waals surface area (Å²) in [6.45, 7) is 4.69. The summed E-state index contributed by atoms with van der Waals surface area (Å²) >= 11 is 0. The quantitative estimate of drug-likeness (QED) is 0.859. The Balaban J connectivity index is 1.45. The summed E-state index contributed by atoms with van der Waals surface area (Å²) in [5.74, 6) is -0.0371. The predicted octanol–water partition coefficient (Wildman–Crippen LogP) is 0.410. The van der Waals surface area contributed by atoms with Gasteiger partial charge in [0.15, 0.2) is 0 Å². The number of aromatic nitrogens is 5. The van der Waals surface area contributed by atoms with Crippen molar-refractivity contribution >= 4 is 5.91 Å². The zero-order valence-corrected chi connectivity index (χ0v) is 13.2. The average Bonchev–Trinajstić information content (AvgIpc) is 3.11. The molecule has 0 bridgehead atoms. The topological polar surface area (TPSA) is 88.8 Å². The van der Waals surface area contributed by atoms with E-state index in [0.717, 1.165) is 32.5 Å². The molecule has 1 aliphatic heterocycles. The fourth-order valence-corrected chi connectivity index (χ4v) is 2.77. The van der Waals surface area contributed by atoms with E-state index in [1.54, 1.807) is 6.92 Å². The average molecular weight is 315 g/mol. The molecule has 0 saturated carbocycles. The maximum absolute atomic E-state index is 12.2. The molecular weight excluding hydrogens is 294 g/mol. The smallest absolute Gasteiger partial charge is 0.244 e. The molecule has 122 valence electrons. The third-order valence-electron chi connectivity index (χ3n) is 4.23. The highest BCUT2D eigenvalue weighted by molar-refractivity contribution is 5.80. The third-order valence-corrected chi connectivity index (χ3v) is 4.23. The molecule has 3 rings (SSSR count). The van der Waals surface area contributed by atoms with Crippen molar-refractivity contribution in [3.05, 3.63) is 36.4 Å². The van der Waals surface area contributed by atoms with Crippen LogP contribution in [0.4, 0.5) is 0 Å². The SMILES string of the molecule is C[C@@H](C(=O)NC1CCN(Cc2ccncc2)CC1)n1cnnn1. The minimum Gasteiger partial charge on any atom is -0.351 e. The number of piperidine rings is 1. The van der Waals surface area contributed by atoms with E-state index in [0.29, 0.717) is 0 Å². The minimum atomic E-state index is -0.389. The van der Waals surface area contributed by atoms with E-state index in [-0.39, 0.29) is 18.0 Å². The van der Waals surface area contributed by atoms with Crippen LogP contribution in [0.5, 0.6) is 0 Å². The van der Waals surface area contributed by atoms with E-state index in [4.69, 9.17) is 0 Å². The molecule has 0 radical (unpaired) electrons. The molecule has 1 aliphatic rings. The Morgan fingerprint density at radius 1 is 1.35 bits per heavy atom. The molecule has 0 aromatic carbocycles. The lowest BCUT2D eigenvalue weighted by molar-refractivity contribution is -0.125. The molecule has 1 amide bonds. The molecule has 23 heavy (non-hydrogen) atoms. The lowest BCUT2D eigenvalue weighted by Crippen LogP contribution is -2.46. The van der Waals surface area contributed by atoms with Crippen LogP contribution in [-0.2, 0) is 11.3 Å². The number of pyridine rings is 1. The number of tetrazole rings is 1. The Bertz CT molecular complexity index is 608. The number of amides is 1. The van der Waals surface area contributed by atoms with E-state index in [1.165, 1.54) is 16.6 Å². The molecule has 2 aromatic heterocycles. The molecule has 1 saturated heterocycles. The second-order valence-corrected chi connectivity index (χ2v) is 5.88. The fourth-order valence-electron chi connectivity index (χ4n) is 2.77. The summed E-state index contributed by atoms with van der Waals surface area (Å²) < 4.78 is 1.47. The van der Waals surface area contributed by atoms with Crippen LogP contribution in [-0.4, -0.2) is 55.1 Å². The second-order valence-electron chi connectivity index (χ2n) is 5.88. The van der Waals surface area contributed by atoms with E-state index >= 15 is 0 Å². The number of likely N-dealkylation sites (tertiary alicyclic amines) is 1. The number of carbonyl (C=O) groups excluding carboxylic acids is 1. The highest BCUT2D eigenvalue weighted by atomic mass is 16.2. The normalized spacial score (nSPS) is 17.8. The van der Waals surface area contributed by atoms with Crippen LogP contribution in [0.15, 0.2) is 30.9 Å². The molecule has 2 aromatic rings. The number of nitrogens with one attached hydrogen (secondary N) is 1. The first-order valence-corrected chi connectivity index (χ1v) is 7.86. The van der Waals surface area contributed by atoms with Gasteiger partial charge in [-0.05, 0) is 47.9 Å². The Labute approximate surface area is 134 Å². The van der Waals surface area contributed by atoms with Crippen LogP contribution in [0.1, 0.15) is 31.4 Å². The van der Waals surface area contributed by atoms with Gasteiger partial charge in [-0.1, -0.05) is 0 Å². The maximum Gasteiger partial charge on any atom is 0.244 e. The molecule has 0 aliphatic carbocycles. The van der Waals surface area contributed by atoms with E-state index in [2.05, 4.69) is 30.7 Å². The van der Waals surface area contributed by atoms with Crippen molar-refractivity contribution in [1.82, 2.24) is 35.4 Å². The highest BCUT2D eigenvalue weighted by Crippen LogP contribution is 2.14. The van der Waals surface area contributed by atoms with Gasteiger partial charge in [0, 0.05) is 38.1 Å². The molecule has 3 heterocycles. The number of carbonyl (C=O) groups is 1. The summed E-state index contributed by atoms with van der Waals surface area (Å²) in [6, 6.07) is 3.92. The van der Waals surface area contributed by atoms with E-state index < -0.39 is 0 Å². The van der Waals surface area contributed by atoms with Crippen LogP contribution in [0.2, 0.25) is 0 Å². The van der Waals surface area contributed by atoms with Gasteiger partial charge >= 0.3 is 0 Å². The standard InChI is InChI=1S/C15H21N7O/c1-12(22-11-17-19-20-22)15(23)18-14-4-8-21(9-5-14)10-13-2-6-16-7-3-13/h2-3,6-7,11-12,14H,4-5,8-10H2,1H3,(H,18,23)/t12-/m0/s1. The Morgan fingerprint density at radius 3 is 2.74 bits per heavy atom. The largest absolute Gasteiger partial charge is 0.351 e. The zero-order chi connectivity index (χ0) is 16.1. The lowest BCUT2D eigenvalue weighted by atomic mass is 10.0. The number of hydrogen-bond donors (Lipinski definition) is 1. The van der Waals surface area contributed by atoms with Gasteiger partial charge in [0.2, 0.25) is 5.91 Å². The maximum atomic E-state index is 12.2. The first-order chi connectivity index (χ1) is 11.2. The Kier molecular flexibility index (Phi) is 4.92. The van der Waals surface area contributed by atoms with Gasteiger partial charge in [-0.3, -0.25) is 14.7 Å². The van der Waals surface area contributed by atoms with Crippen molar-refractivity contribution < 1.29 is 4.79 Å². The van der Waals surface area contributed by atoms with Crippen LogP contribution in [0.3, 0.4) is 0 Å². The molecule has 1 fully saturated rings. The Morgan fingerprint density at radius 2 is 2.09 bits per heavy atom. The van der Waals surface area contributed by atoms with Gasteiger partial charge < -0.3 is 5.32 Å². The highest BCUT2D eigenvalue weighted by Gasteiger charge is 2.23. The van der Waals surface area contributed by atoms with Crippen molar-refractivity contribution in [1.29, 1.82) is 0 Å². The van der Waals surface area contributed by atoms with Crippen molar-refractivity contribution in [2.45, 2.75) is 38.4 Å². The molecule has 0 unspecified atom stereocenters. The summed E-state index contributed by atoms with van der Waals surface area (Å²) in [5.41, 5.74) is 1.27. The van der Waals surface area contributed by atoms with Crippen molar-refractivity contribution in [2.75, 3.05) is 13.1 Å². The molecule has 1 atom stereocenters. The molecule has 0 spiro atoms. The second kappa shape index (κ2) is 7.28. The predicted molar refractivity (Wildman–Crippen MR) is 83.2 cm³/mol. The minimum absolute atomic E-state index is 0.0371. The number of hydrogen-bond acceptors (Lipinski definition) is 6. The van der Waals surface area contributed by atoms with Crippen LogP contribution in [0, 0.1) is 0 Å². The summed E-state index contributed by atoms with van der Waals surface area (Å²) in [6.07, 6.45) is 7.02. The number of rotatable bonds is 5. The van der Waals surface area contributed by atoms with E-state index in [9.17, 15) is 4.79 Å². The molecule has 8 heteroatoms. The van der Waals surface area contributed by atoms with Crippen LogP contribution < -0.4 is 5.32 Å². The van der Waals surface area contributed by atoms with Crippen molar-refractivity contribution in [3.63, 3.8) is 0 Å². The van der Waals surface area contributed by atoms with Gasteiger partial charge in [-0.25, -0.2) is 4.68 Å². The van der Waals surface area contributed by atoms with Crippen LogP contribution in [0.25, 0.3) is 0 Å². The van der Waals surface area contributed by atoms with Gasteiger partial charge in [0.05, 0.1) is 0 Å². The summed E-state index contributed by atoms with van der Waals surface area (Å²) in [5, 5.41) is 14.0. The number of nitrogens with zero attached hydrogens (tertiary/aromatic N) is 6.